The van der Waals surface area contributed by atoms with Crippen LogP contribution in [0.3, 0.4) is 0 Å². The molecule has 0 amide bonds. The molecule has 0 saturated carbocycles. The van der Waals surface area contributed by atoms with Gasteiger partial charge in [0.1, 0.15) is 5.69 Å². The van der Waals surface area contributed by atoms with Gasteiger partial charge in [-0.15, -0.1) is 0 Å². The quantitative estimate of drug-likeness (QED) is 0.612. The third-order valence-corrected chi connectivity index (χ3v) is 2.24. The molecule has 0 saturated heterocycles. The molecule has 0 aliphatic heterocycles. The Morgan fingerprint density at radius 3 is 2.81 bits per heavy atom. The maximum atomic E-state index is 10.7. The van der Waals surface area contributed by atoms with Crippen LogP contribution in [0.2, 0.25) is 0 Å². The van der Waals surface area contributed by atoms with Gasteiger partial charge in [0.25, 0.3) is 5.69 Å². The molecule has 0 aliphatic rings. The highest BCUT2D eigenvalue weighted by atomic mass is 16.6. The first-order chi connectivity index (χ1) is 7.50. The van der Waals surface area contributed by atoms with E-state index in [1.165, 1.54) is 18.3 Å². The van der Waals surface area contributed by atoms with Crippen LogP contribution in [0, 0.1) is 16.0 Å². The molecule has 0 fully saturated rings. The van der Waals surface area contributed by atoms with E-state index in [1.54, 1.807) is 0 Å². The molecular formula is C11H16N2O3. The molecule has 1 atom stereocenters. The Labute approximate surface area is 94.3 Å². The highest BCUT2D eigenvalue weighted by Gasteiger charge is 2.17. The summed E-state index contributed by atoms with van der Waals surface area (Å²) in [7, 11) is 0. The lowest BCUT2D eigenvalue weighted by Crippen LogP contribution is -2.15. The van der Waals surface area contributed by atoms with E-state index in [-0.39, 0.29) is 12.1 Å². The predicted octanol–water partition coefficient (Wildman–Crippen LogP) is 1.94. The van der Waals surface area contributed by atoms with Crippen molar-refractivity contribution in [3.8, 4) is 0 Å². The second kappa shape index (κ2) is 5.55. The Hall–Kier alpha value is -1.49. The standard InChI is InChI=1S/C11H16N2O3/c1-8(2)6-9(14)7-10-11(13(15)16)4-3-5-12-10/h3-5,8-9,14H,6-7H2,1-2H3. The summed E-state index contributed by atoms with van der Waals surface area (Å²) in [6.07, 6.45) is 1.78. The summed E-state index contributed by atoms with van der Waals surface area (Å²) in [5.41, 5.74) is 0.325. The Morgan fingerprint density at radius 2 is 2.25 bits per heavy atom. The predicted molar refractivity (Wildman–Crippen MR) is 60.1 cm³/mol. The number of pyridine rings is 1. The fourth-order valence-electron chi connectivity index (χ4n) is 1.60. The maximum Gasteiger partial charge on any atom is 0.290 e. The van der Waals surface area contributed by atoms with Crippen LogP contribution in [0.4, 0.5) is 5.69 Å². The van der Waals surface area contributed by atoms with Crippen LogP contribution < -0.4 is 0 Å². The summed E-state index contributed by atoms with van der Waals surface area (Å²) in [6, 6.07) is 2.93. The van der Waals surface area contributed by atoms with Gasteiger partial charge in [0, 0.05) is 18.7 Å². The fraction of sp³-hybridized carbons (Fsp3) is 0.545. The minimum Gasteiger partial charge on any atom is -0.393 e. The third kappa shape index (κ3) is 3.58. The average molecular weight is 224 g/mol. The van der Waals surface area contributed by atoms with Crippen molar-refractivity contribution in [1.82, 2.24) is 4.98 Å². The first kappa shape index (κ1) is 12.6. The van der Waals surface area contributed by atoms with Gasteiger partial charge in [-0.3, -0.25) is 15.1 Å². The third-order valence-electron chi connectivity index (χ3n) is 2.24. The minimum atomic E-state index is -0.575. The number of hydrogen-bond donors (Lipinski definition) is 1. The summed E-state index contributed by atoms with van der Waals surface area (Å²) in [5.74, 6) is 0.359. The summed E-state index contributed by atoms with van der Waals surface area (Å²) >= 11 is 0. The van der Waals surface area contributed by atoms with E-state index in [4.69, 9.17) is 0 Å². The molecule has 1 N–H and O–H groups in total. The van der Waals surface area contributed by atoms with Crippen molar-refractivity contribution in [3.63, 3.8) is 0 Å². The molecule has 1 rings (SSSR count). The molecule has 16 heavy (non-hydrogen) atoms. The highest BCUT2D eigenvalue weighted by molar-refractivity contribution is 5.34. The van der Waals surface area contributed by atoms with E-state index in [1.807, 2.05) is 13.8 Å². The largest absolute Gasteiger partial charge is 0.393 e. The van der Waals surface area contributed by atoms with Crippen LogP contribution in [0.5, 0.6) is 0 Å². The van der Waals surface area contributed by atoms with Gasteiger partial charge in [-0.1, -0.05) is 13.8 Å². The van der Waals surface area contributed by atoms with Gasteiger partial charge < -0.3 is 5.11 Å². The molecule has 1 unspecified atom stereocenters. The number of nitro groups is 1. The average Bonchev–Trinajstić information content (AvgIpc) is 2.16. The Balaban J connectivity index is 2.76. The van der Waals surface area contributed by atoms with Crippen LogP contribution in [0.1, 0.15) is 26.0 Å². The summed E-state index contributed by atoms with van der Waals surface area (Å²) in [4.78, 5) is 14.2. The molecule has 0 radical (unpaired) electrons. The van der Waals surface area contributed by atoms with Gasteiger partial charge in [-0.05, 0) is 18.4 Å². The number of aliphatic hydroxyl groups excluding tert-OH is 1. The smallest absolute Gasteiger partial charge is 0.290 e. The van der Waals surface area contributed by atoms with Crippen molar-refractivity contribution in [2.24, 2.45) is 5.92 Å². The molecule has 0 spiro atoms. The number of aromatic nitrogens is 1. The second-order valence-electron chi connectivity index (χ2n) is 4.21. The molecule has 1 aromatic heterocycles. The van der Waals surface area contributed by atoms with E-state index < -0.39 is 11.0 Å². The van der Waals surface area contributed by atoms with E-state index in [0.717, 1.165) is 0 Å². The van der Waals surface area contributed by atoms with Crippen molar-refractivity contribution < 1.29 is 10.0 Å². The van der Waals surface area contributed by atoms with Gasteiger partial charge in [0.2, 0.25) is 0 Å². The highest BCUT2D eigenvalue weighted by Crippen LogP contribution is 2.18. The number of aliphatic hydroxyl groups is 1. The summed E-state index contributed by atoms with van der Waals surface area (Å²) in [6.45, 7) is 3.99. The summed E-state index contributed by atoms with van der Waals surface area (Å²) < 4.78 is 0. The monoisotopic (exact) mass is 224 g/mol. The zero-order chi connectivity index (χ0) is 12.1. The van der Waals surface area contributed by atoms with Crippen LogP contribution in [-0.2, 0) is 6.42 Å². The molecule has 0 aromatic carbocycles. The van der Waals surface area contributed by atoms with E-state index in [9.17, 15) is 15.2 Å². The maximum absolute atomic E-state index is 10.7. The molecule has 1 aromatic rings. The van der Waals surface area contributed by atoms with E-state index in [2.05, 4.69) is 4.98 Å². The zero-order valence-electron chi connectivity index (χ0n) is 9.46. The van der Waals surface area contributed by atoms with Gasteiger partial charge in [-0.2, -0.15) is 0 Å². The van der Waals surface area contributed by atoms with Gasteiger partial charge in [-0.25, -0.2) is 0 Å². The van der Waals surface area contributed by atoms with Crippen molar-refractivity contribution in [2.75, 3.05) is 0 Å². The zero-order valence-corrected chi connectivity index (χ0v) is 9.46. The number of rotatable bonds is 5. The Kier molecular flexibility index (Phi) is 4.37. The van der Waals surface area contributed by atoms with Crippen LogP contribution >= 0.6 is 0 Å². The first-order valence-corrected chi connectivity index (χ1v) is 5.27. The molecule has 5 nitrogen and oxygen atoms in total. The van der Waals surface area contributed by atoms with Gasteiger partial charge >= 0.3 is 0 Å². The molecule has 0 bridgehead atoms. The minimum absolute atomic E-state index is 0.0229. The Morgan fingerprint density at radius 1 is 1.56 bits per heavy atom. The lowest BCUT2D eigenvalue weighted by Gasteiger charge is -2.12. The Bertz CT molecular complexity index is 366. The topological polar surface area (TPSA) is 76.3 Å². The number of nitrogens with zero attached hydrogens (tertiary/aromatic N) is 2. The first-order valence-electron chi connectivity index (χ1n) is 5.27. The normalized spacial score (nSPS) is 12.8. The van der Waals surface area contributed by atoms with E-state index >= 15 is 0 Å². The second-order valence-corrected chi connectivity index (χ2v) is 4.21. The van der Waals surface area contributed by atoms with Crippen molar-refractivity contribution in [3.05, 3.63) is 34.1 Å². The fourth-order valence-corrected chi connectivity index (χ4v) is 1.60. The molecule has 1 heterocycles. The summed E-state index contributed by atoms with van der Waals surface area (Å²) in [5, 5.41) is 20.4. The van der Waals surface area contributed by atoms with Crippen LogP contribution in [0.15, 0.2) is 18.3 Å². The van der Waals surface area contributed by atoms with Gasteiger partial charge in [0.05, 0.1) is 11.0 Å². The molecule has 88 valence electrons. The van der Waals surface area contributed by atoms with E-state index in [0.29, 0.717) is 18.0 Å². The van der Waals surface area contributed by atoms with Crippen molar-refractivity contribution in [1.29, 1.82) is 0 Å². The van der Waals surface area contributed by atoms with Gasteiger partial charge in [0.15, 0.2) is 0 Å². The SMILES string of the molecule is CC(C)CC(O)Cc1ncccc1[N+](=O)[O-]. The van der Waals surface area contributed by atoms with Crippen LogP contribution in [-0.4, -0.2) is 21.1 Å². The van der Waals surface area contributed by atoms with Crippen molar-refractivity contribution >= 4 is 5.69 Å². The van der Waals surface area contributed by atoms with Crippen molar-refractivity contribution in [2.45, 2.75) is 32.8 Å². The molecular weight excluding hydrogens is 208 g/mol. The molecule has 5 heteroatoms. The lowest BCUT2D eigenvalue weighted by atomic mass is 10.0. The van der Waals surface area contributed by atoms with Crippen LogP contribution in [0.25, 0.3) is 0 Å². The molecule has 0 aliphatic carbocycles. The lowest BCUT2D eigenvalue weighted by molar-refractivity contribution is -0.386. The number of hydrogen-bond acceptors (Lipinski definition) is 4.